The molecule has 0 amide bonds. The fraction of sp³-hybridized carbons (Fsp3) is 0.714. The van der Waals surface area contributed by atoms with Crippen LogP contribution >= 0.6 is 0 Å². The van der Waals surface area contributed by atoms with Crippen molar-refractivity contribution in [1.29, 1.82) is 0 Å². The van der Waals surface area contributed by atoms with Crippen LogP contribution in [0.5, 0.6) is 0 Å². The molecule has 1 heteroatoms. The summed E-state index contributed by atoms with van der Waals surface area (Å²) in [5.74, 6) is 3.56. The Morgan fingerprint density at radius 3 is 1.91 bits per heavy atom. The Bertz CT molecular complexity index is 433. The van der Waals surface area contributed by atoms with E-state index >= 15 is 0 Å². The fourth-order valence-electron chi connectivity index (χ4n) is 5.02. The summed E-state index contributed by atoms with van der Waals surface area (Å²) in [5, 5.41) is 0. The van der Waals surface area contributed by atoms with Crippen LogP contribution in [0.1, 0.15) is 82.6 Å². The van der Waals surface area contributed by atoms with E-state index in [0.717, 1.165) is 17.8 Å². The topological polar surface area (TPSA) is 0 Å². The van der Waals surface area contributed by atoms with Gasteiger partial charge in [-0.3, -0.25) is 0 Å². The first-order chi connectivity index (χ1) is 10.8. The van der Waals surface area contributed by atoms with Gasteiger partial charge in [-0.05, 0) is 79.9 Å². The quantitative estimate of drug-likeness (QED) is 0.580. The average molecular weight is 302 g/mol. The molecule has 0 radical (unpaired) electrons. The van der Waals surface area contributed by atoms with Gasteiger partial charge in [0.05, 0.1) is 0 Å². The van der Waals surface area contributed by atoms with Crippen LogP contribution in [0.3, 0.4) is 0 Å². The maximum atomic E-state index is 13.0. The maximum Gasteiger partial charge on any atom is 0.123 e. The fourth-order valence-corrected chi connectivity index (χ4v) is 5.02. The highest BCUT2D eigenvalue weighted by molar-refractivity contribution is 5.20. The highest BCUT2D eigenvalue weighted by atomic mass is 19.1. The average Bonchev–Trinajstić information content (AvgIpc) is 2.57. The van der Waals surface area contributed by atoms with Gasteiger partial charge < -0.3 is 0 Å². The summed E-state index contributed by atoms with van der Waals surface area (Å²) in [6, 6.07) is 7.24. The summed E-state index contributed by atoms with van der Waals surface area (Å²) >= 11 is 0. The molecule has 0 unspecified atom stereocenters. The number of hydrogen-bond donors (Lipinski definition) is 0. The normalized spacial score (nSPS) is 32.8. The Balaban J connectivity index is 1.47. The number of rotatable bonds is 4. The minimum atomic E-state index is -0.110. The minimum absolute atomic E-state index is 0.110. The monoisotopic (exact) mass is 302 g/mol. The highest BCUT2D eigenvalue weighted by Crippen LogP contribution is 2.44. The molecule has 1 aromatic carbocycles. The van der Waals surface area contributed by atoms with Crippen molar-refractivity contribution in [3.05, 3.63) is 35.6 Å². The molecule has 2 fully saturated rings. The van der Waals surface area contributed by atoms with Crippen LogP contribution in [0.25, 0.3) is 0 Å². The first-order valence-corrected chi connectivity index (χ1v) is 9.51. The second kappa shape index (κ2) is 7.62. The molecule has 2 aliphatic rings. The summed E-state index contributed by atoms with van der Waals surface area (Å²) in [4.78, 5) is 0. The van der Waals surface area contributed by atoms with E-state index in [9.17, 15) is 4.39 Å². The molecule has 0 bridgehead atoms. The smallest absolute Gasteiger partial charge is 0.123 e. The van der Waals surface area contributed by atoms with Gasteiger partial charge in [-0.15, -0.1) is 0 Å². The zero-order chi connectivity index (χ0) is 15.4. The lowest BCUT2D eigenvalue weighted by atomic mass is 9.68. The Hall–Kier alpha value is -0.850. The van der Waals surface area contributed by atoms with E-state index in [4.69, 9.17) is 0 Å². The molecule has 0 atom stereocenters. The van der Waals surface area contributed by atoms with E-state index in [1.165, 1.54) is 69.8 Å². The molecule has 22 heavy (non-hydrogen) atoms. The van der Waals surface area contributed by atoms with E-state index in [1.54, 1.807) is 12.1 Å². The number of benzene rings is 1. The Morgan fingerprint density at radius 2 is 1.36 bits per heavy atom. The van der Waals surface area contributed by atoms with Crippen molar-refractivity contribution in [2.24, 2.45) is 17.8 Å². The van der Waals surface area contributed by atoms with E-state index in [0.29, 0.717) is 5.92 Å². The molecule has 2 saturated carbocycles. The van der Waals surface area contributed by atoms with Crippen LogP contribution in [0.15, 0.2) is 24.3 Å². The molecule has 0 spiro atoms. The molecule has 0 N–H and O–H groups in total. The molecule has 3 rings (SSSR count). The molecule has 122 valence electrons. The van der Waals surface area contributed by atoms with Crippen molar-refractivity contribution >= 4 is 0 Å². The Kier molecular flexibility index (Phi) is 5.55. The Morgan fingerprint density at radius 1 is 0.818 bits per heavy atom. The van der Waals surface area contributed by atoms with Crippen LogP contribution in [-0.2, 0) is 0 Å². The standard InChI is InChI=1S/C21H31F/c1-2-3-16-4-6-17(7-5-16)18-8-10-19(11-9-18)20-12-14-21(22)15-13-20/h12-19H,2-11H2,1H3/t16-,17-,18?,19?. The van der Waals surface area contributed by atoms with Gasteiger partial charge >= 0.3 is 0 Å². The third kappa shape index (κ3) is 3.91. The lowest BCUT2D eigenvalue weighted by Crippen LogP contribution is -2.25. The van der Waals surface area contributed by atoms with E-state index in [-0.39, 0.29) is 5.82 Å². The molecular weight excluding hydrogens is 271 g/mol. The van der Waals surface area contributed by atoms with Gasteiger partial charge in [-0.25, -0.2) is 4.39 Å². The molecule has 0 aliphatic heterocycles. The summed E-state index contributed by atoms with van der Waals surface area (Å²) in [6.07, 6.45) is 14.1. The predicted octanol–water partition coefficient (Wildman–Crippen LogP) is 6.71. The molecule has 0 aromatic heterocycles. The van der Waals surface area contributed by atoms with Crippen LogP contribution in [0, 0.1) is 23.6 Å². The van der Waals surface area contributed by atoms with E-state index in [2.05, 4.69) is 6.92 Å². The van der Waals surface area contributed by atoms with Crippen molar-refractivity contribution in [2.75, 3.05) is 0 Å². The maximum absolute atomic E-state index is 13.0. The van der Waals surface area contributed by atoms with Crippen LogP contribution in [0.4, 0.5) is 4.39 Å². The molecule has 0 saturated heterocycles. The first kappa shape index (κ1) is 16.0. The van der Waals surface area contributed by atoms with Crippen molar-refractivity contribution < 1.29 is 4.39 Å². The second-order valence-corrected chi connectivity index (χ2v) is 7.73. The van der Waals surface area contributed by atoms with Crippen LogP contribution in [-0.4, -0.2) is 0 Å². The van der Waals surface area contributed by atoms with Gasteiger partial charge in [0.2, 0.25) is 0 Å². The largest absolute Gasteiger partial charge is 0.207 e. The zero-order valence-corrected chi connectivity index (χ0v) is 14.1. The van der Waals surface area contributed by atoms with Crippen LogP contribution < -0.4 is 0 Å². The zero-order valence-electron chi connectivity index (χ0n) is 14.1. The van der Waals surface area contributed by atoms with Crippen molar-refractivity contribution in [2.45, 2.75) is 77.0 Å². The molecule has 2 aliphatic carbocycles. The van der Waals surface area contributed by atoms with Crippen molar-refractivity contribution in [1.82, 2.24) is 0 Å². The lowest BCUT2D eigenvalue weighted by Gasteiger charge is -2.38. The van der Waals surface area contributed by atoms with Crippen molar-refractivity contribution in [3.8, 4) is 0 Å². The van der Waals surface area contributed by atoms with Gasteiger partial charge in [0.1, 0.15) is 5.82 Å². The third-order valence-corrected chi connectivity index (χ3v) is 6.37. The highest BCUT2D eigenvalue weighted by Gasteiger charge is 2.30. The van der Waals surface area contributed by atoms with Gasteiger partial charge in [0.25, 0.3) is 0 Å². The third-order valence-electron chi connectivity index (χ3n) is 6.37. The van der Waals surface area contributed by atoms with E-state index in [1.807, 2.05) is 12.1 Å². The van der Waals surface area contributed by atoms with Crippen molar-refractivity contribution in [3.63, 3.8) is 0 Å². The summed E-state index contributed by atoms with van der Waals surface area (Å²) in [5.41, 5.74) is 1.35. The molecule has 0 heterocycles. The summed E-state index contributed by atoms with van der Waals surface area (Å²) in [6.45, 7) is 2.32. The molecular formula is C21H31F. The summed E-state index contributed by atoms with van der Waals surface area (Å²) < 4.78 is 13.0. The molecule has 1 aromatic rings. The van der Waals surface area contributed by atoms with Gasteiger partial charge in [-0.1, -0.05) is 44.7 Å². The van der Waals surface area contributed by atoms with Crippen LogP contribution in [0.2, 0.25) is 0 Å². The number of halogens is 1. The van der Waals surface area contributed by atoms with Gasteiger partial charge in [0.15, 0.2) is 0 Å². The molecule has 0 nitrogen and oxygen atoms in total. The number of hydrogen-bond acceptors (Lipinski definition) is 0. The predicted molar refractivity (Wildman–Crippen MR) is 91.5 cm³/mol. The first-order valence-electron chi connectivity index (χ1n) is 9.51. The summed E-state index contributed by atoms with van der Waals surface area (Å²) in [7, 11) is 0. The second-order valence-electron chi connectivity index (χ2n) is 7.73. The SMILES string of the molecule is CCC[C@H]1CC[C@H](C2CCC(c3ccc(F)cc3)CC2)CC1. The van der Waals surface area contributed by atoms with Gasteiger partial charge in [0, 0.05) is 0 Å². The van der Waals surface area contributed by atoms with E-state index < -0.39 is 0 Å². The minimum Gasteiger partial charge on any atom is -0.207 e. The lowest BCUT2D eigenvalue weighted by molar-refractivity contribution is 0.156. The Labute approximate surface area is 135 Å². The van der Waals surface area contributed by atoms with Gasteiger partial charge in [-0.2, -0.15) is 0 Å².